The van der Waals surface area contributed by atoms with Crippen molar-refractivity contribution in [1.29, 1.82) is 0 Å². The molecule has 164 valence electrons. The lowest BCUT2D eigenvalue weighted by Crippen LogP contribution is -2.36. The van der Waals surface area contributed by atoms with Crippen molar-refractivity contribution in [3.05, 3.63) is 84.2 Å². The highest BCUT2D eigenvalue weighted by atomic mass is 32.2. The Balaban J connectivity index is 1.20. The van der Waals surface area contributed by atoms with Gasteiger partial charge in [0.2, 0.25) is 11.8 Å². The Bertz CT molecular complexity index is 1060. The van der Waals surface area contributed by atoms with Crippen molar-refractivity contribution in [2.45, 2.75) is 30.9 Å². The van der Waals surface area contributed by atoms with Crippen LogP contribution in [-0.4, -0.2) is 29.1 Å². The number of benzene rings is 2. The van der Waals surface area contributed by atoms with Crippen LogP contribution in [-0.2, 0) is 22.7 Å². The molecule has 1 aliphatic heterocycles. The monoisotopic (exact) mass is 447 g/mol. The number of amides is 2. The van der Waals surface area contributed by atoms with E-state index in [2.05, 4.69) is 10.3 Å². The summed E-state index contributed by atoms with van der Waals surface area (Å²) >= 11 is 1.76. The van der Waals surface area contributed by atoms with Gasteiger partial charge in [0.15, 0.2) is 0 Å². The molecule has 0 saturated heterocycles. The Morgan fingerprint density at radius 2 is 1.84 bits per heavy atom. The number of carbonyl (C=O) groups excluding carboxylic acids is 2. The summed E-state index contributed by atoms with van der Waals surface area (Å²) in [5.74, 6) is 1.49. The zero-order valence-electron chi connectivity index (χ0n) is 17.7. The van der Waals surface area contributed by atoms with Gasteiger partial charge < -0.3 is 15.0 Å². The van der Waals surface area contributed by atoms with E-state index in [0.717, 1.165) is 33.2 Å². The van der Waals surface area contributed by atoms with E-state index < -0.39 is 0 Å². The number of fused-ring (bicyclic) bond motifs is 1. The van der Waals surface area contributed by atoms with Gasteiger partial charge in [-0.2, -0.15) is 0 Å². The smallest absolute Gasteiger partial charge is 0.227 e. The number of pyridine rings is 1. The largest absolute Gasteiger partial charge is 0.489 e. The first-order valence-electron chi connectivity index (χ1n) is 10.6. The molecule has 0 radical (unpaired) electrons. The van der Waals surface area contributed by atoms with Gasteiger partial charge in [-0.3, -0.25) is 14.6 Å². The van der Waals surface area contributed by atoms with Gasteiger partial charge in [-0.05, 0) is 35.9 Å². The molecule has 0 saturated carbocycles. The van der Waals surface area contributed by atoms with Gasteiger partial charge in [0.25, 0.3) is 0 Å². The third-order valence-corrected chi connectivity index (χ3v) is 6.18. The molecule has 6 nitrogen and oxygen atoms in total. The third kappa shape index (κ3) is 5.88. The fraction of sp³-hybridized carbons (Fsp3) is 0.240. The first-order valence-corrected chi connectivity index (χ1v) is 11.6. The first-order chi connectivity index (χ1) is 15.7. The number of rotatable bonds is 8. The predicted octanol–water partition coefficient (Wildman–Crippen LogP) is 4.20. The summed E-state index contributed by atoms with van der Waals surface area (Å²) in [5.41, 5.74) is 2.92. The number of nitrogens with zero attached hydrogens (tertiary/aromatic N) is 2. The summed E-state index contributed by atoms with van der Waals surface area (Å²) in [5, 5.41) is 2.89. The van der Waals surface area contributed by atoms with Gasteiger partial charge in [0.05, 0.1) is 5.69 Å². The van der Waals surface area contributed by atoms with E-state index in [1.54, 1.807) is 29.1 Å². The van der Waals surface area contributed by atoms with E-state index in [9.17, 15) is 9.59 Å². The van der Waals surface area contributed by atoms with Crippen LogP contribution in [0, 0.1) is 0 Å². The molecule has 0 bridgehead atoms. The van der Waals surface area contributed by atoms with Crippen LogP contribution >= 0.6 is 11.8 Å². The van der Waals surface area contributed by atoms with Crippen molar-refractivity contribution >= 4 is 29.3 Å². The number of anilines is 1. The van der Waals surface area contributed by atoms with E-state index in [0.29, 0.717) is 19.7 Å². The van der Waals surface area contributed by atoms with Crippen LogP contribution in [0.1, 0.15) is 24.0 Å². The highest BCUT2D eigenvalue weighted by Gasteiger charge is 2.22. The van der Waals surface area contributed by atoms with E-state index >= 15 is 0 Å². The lowest BCUT2D eigenvalue weighted by Gasteiger charge is -2.29. The summed E-state index contributed by atoms with van der Waals surface area (Å²) in [6, 6.07) is 19.4. The van der Waals surface area contributed by atoms with Gasteiger partial charge in [0.1, 0.15) is 12.4 Å². The molecular weight excluding hydrogens is 422 g/mol. The summed E-state index contributed by atoms with van der Waals surface area (Å²) in [6.45, 7) is 1.55. The SMILES string of the molecule is O=C(CCC(=O)N1CCSc2ccccc21)NCc1ccc(OCc2cccnc2)cc1. The third-order valence-electron chi connectivity index (χ3n) is 5.14. The van der Waals surface area contributed by atoms with Crippen LogP contribution in [0.5, 0.6) is 5.75 Å². The molecular formula is C25H25N3O3S. The number of ether oxygens (including phenoxy) is 1. The summed E-state index contributed by atoms with van der Waals surface area (Å²) in [7, 11) is 0. The molecule has 4 rings (SSSR count). The molecule has 0 aliphatic carbocycles. The standard InChI is InChI=1S/C25H25N3O3S/c29-24(11-12-25(30)28-14-15-32-23-6-2-1-5-22(23)28)27-17-19-7-9-21(10-8-19)31-18-20-4-3-13-26-16-20/h1-10,13,16H,11-12,14-15,17-18H2,(H,27,29). The molecule has 3 aromatic rings. The van der Waals surface area contributed by atoms with Gasteiger partial charge >= 0.3 is 0 Å². The molecule has 0 spiro atoms. The molecule has 32 heavy (non-hydrogen) atoms. The maximum absolute atomic E-state index is 12.7. The fourth-order valence-corrected chi connectivity index (χ4v) is 4.42. The highest BCUT2D eigenvalue weighted by Crippen LogP contribution is 2.34. The molecule has 1 aliphatic rings. The van der Waals surface area contributed by atoms with E-state index in [1.165, 1.54) is 0 Å². The van der Waals surface area contributed by atoms with Crippen LogP contribution in [0.4, 0.5) is 5.69 Å². The quantitative estimate of drug-likeness (QED) is 0.561. The summed E-state index contributed by atoms with van der Waals surface area (Å²) in [4.78, 5) is 31.9. The topological polar surface area (TPSA) is 71.5 Å². The molecule has 2 amide bonds. The Labute approximate surface area is 192 Å². The molecule has 0 fully saturated rings. The number of hydrogen-bond acceptors (Lipinski definition) is 5. The maximum Gasteiger partial charge on any atom is 0.227 e. The van der Waals surface area contributed by atoms with Crippen LogP contribution in [0.3, 0.4) is 0 Å². The van der Waals surface area contributed by atoms with Crippen LogP contribution in [0.15, 0.2) is 78.0 Å². The zero-order chi connectivity index (χ0) is 22.2. The minimum absolute atomic E-state index is 0.0111. The minimum atomic E-state index is -0.130. The van der Waals surface area contributed by atoms with E-state index in [1.807, 2.05) is 60.7 Å². The molecule has 1 N–H and O–H groups in total. The Morgan fingerprint density at radius 1 is 1.00 bits per heavy atom. The lowest BCUT2D eigenvalue weighted by atomic mass is 10.2. The number of para-hydroxylation sites is 1. The van der Waals surface area contributed by atoms with Gasteiger partial charge in [-0.15, -0.1) is 11.8 Å². The molecule has 2 aromatic carbocycles. The number of thioether (sulfide) groups is 1. The van der Waals surface area contributed by atoms with Crippen LogP contribution < -0.4 is 15.0 Å². The van der Waals surface area contributed by atoms with Gasteiger partial charge in [-0.25, -0.2) is 0 Å². The van der Waals surface area contributed by atoms with Crippen molar-refractivity contribution in [2.75, 3.05) is 17.2 Å². The number of carbonyl (C=O) groups is 2. The van der Waals surface area contributed by atoms with Crippen molar-refractivity contribution in [1.82, 2.24) is 10.3 Å². The van der Waals surface area contributed by atoms with Crippen molar-refractivity contribution < 1.29 is 14.3 Å². The predicted molar refractivity (Wildman–Crippen MR) is 126 cm³/mol. The molecule has 0 unspecified atom stereocenters. The molecule has 1 aromatic heterocycles. The van der Waals surface area contributed by atoms with E-state index in [-0.39, 0.29) is 24.7 Å². The second kappa shape index (κ2) is 10.8. The second-order valence-electron chi connectivity index (χ2n) is 7.43. The van der Waals surface area contributed by atoms with Crippen molar-refractivity contribution in [3.63, 3.8) is 0 Å². The first kappa shape index (κ1) is 21.9. The normalized spacial score (nSPS) is 12.7. The molecule has 2 heterocycles. The Hall–Kier alpha value is -3.32. The lowest BCUT2D eigenvalue weighted by molar-refractivity contribution is -0.125. The van der Waals surface area contributed by atoms with Crippen LogP contribution in [0.25, 0.3) is 0 Å². The van der Waals surface area contributed by atoms with Gasteiger partial charge in [-0.1, -0.05) is 30.3 Å². The summed E-state index contributed by atoms with van der Waals surface area (Å²) in [6.07, 6.45) is 3.88. The van der Waals surface area contributed by atoms with Crippen molar-refractivity contribution in [2.24, 2.45) is 0 Å². The second-order valence-corrected chi connectivity index (χ2v) is 8.57. The summed E-state index contributed by atoms with van der Waals surface area (Å²) < 4.78 is 5.75. The van der Waals surface area contributed by atoms with Crippen molar-refractivity contribution in [3.8, 4) is 5.75 Å². The van der Waals surface area contributed by atoms with E-state index in [4.69, 9.17) is 4.74 Å². The molecule has 7 heteroatoms. The number of aromatic nitrogens is 1. The van der Waals surface area contributed by atoms with Crippen LogP contribution in [0.2, 0.25) is 0 Å². The fourth-order valence-electron chi connectivity index (χ4n) is 3.43. The number of hydrogen-bond donors (Lipinski definition) is 1. The van der Waals surface area contributed by atoms with Gasteiger partial charge in [0, 0.05) is 54.5 Å². The number of nitrogens with one attached hydrogen (secondary N) is 1. The zero-order valence-corrected chi connectivity index (χ0v) is 18.5. The minimum Gasteiger partial charge on any atom is -0.489 e. The molecule has 0 atom stereocenters. The maximum atomic E-state index is 12.7. The highest BCUT2D eigenvalue weighted by molar-refractivity contribution is 7.99. The average Bonchev–Trinajstić information content (AvgIpc) is 2.85. The Morgan fingerprint density at radius 3 is 2.66 bits per heavy atom. The average molecular weight is 448 g/mol. The Kier molecular flexibility index (Phi) is 7.40.